The van der Waals surface area contributed by atoms with Crippen molar-refractivity contribution >= 4 is 22.9 Å². The molecule has 0 aliphatic carbocycles. The standard InChI is InChI=1S/C20H17N5O2/c26-25(27)19-14-8-7-13-18(19)22-24-20(15-16-9-3-1-4-10-16)23-21-17-11-5-2-6-12-17/h1-14,21H,15H2/b23-20+,24-22?. The van der Waals surface area contributed by atoms with Crippen LogP contribution in [0.1, 0.15) is 5.56 Å². The van der Waals surface area contributed by atoms with Gasteiger partial charge in [-0.3, -0.25) is 15.5 Å². The lowest BCUT2D eigenvalue weighted by molar-refractivity contribution is -0.384. The molecule has 27 heavy (non-hydrogen) atoms. The summed E-state index contributed by atoms with van der Waals surface area (Å²) >= 11 is 0. The Morgan fingerprint density at radius 2 is 1.52 bits per heavy atom. The molecule has 0 atom stereocenters. The maximum Gasteiger partial charge on any atom is 0.296 e. The molecule has 134 valence electrons. The number of nitrogens with one attached hydrogen (secondary N) is 1. The summed E-state index contributed by atoms with van der Waals surface area (Å²) in [6, 6.07) is 25.4. The summed E-state index contributed by atoms with van der Waals surface area (Å²) in [7, 11) is 0. The van der Waals surface area contributed by atoms with Gasteiger partial charge in [-0.2, -0.15) is 5.10 Å². The number of hydrazone groups is 1. The van der Waals surface area contributed by atoms with Gasteiger partial charge in [0.1, 0.15) is 0 Å². The molecular weight excluding hydrogens is 342 g/mol. The summed E-state index contributed by atoms with van der Waals surface area (Å²) in [6.07, 6.45) is 0.435. The second-order valence-corrected chi connectivity index (χ2v) is 5.61. The van der Waals surface area contributed by atoms with E-state index >= 15 is 0 Å². The Hall–Kier alpha value is -3.87. The van der Waals surface area contributed by atoms with Crippen molar-refractivity contribution in [2.75, 3.05) is 5.43 Å². The molecule has 0 saturated carbocycles. The second-order valence-electron chi connectivity index (χ2n) is 5.61. The number of amidine groups is 1. The highest BCUT2D eigenvalue weighted by molar-refractivity contribution is 5.85. The fourth-order valence-corrected chi connectivity index (χ4v) is 2.33. The van der Waals surface area contributed by atoms with E-state index in [1.54, 1.807) is 18.2 Å². The highest BCUT2D eigenvalue weighted by Gasteiger charge is 2.12. The molecule has 7 nitrogen and oxygen atoms in total. The van der Waals surface area contributed by atoms with Gasteiger partial charge in [-0.25, -0.2) is 0 Å². The van der Waals surface area contributed by atoms with E-state index in [4.69, 9.17) is 0 Å². The molecule has 3 rings (SSSR count). The second kappa shape index (κ2) is 9.00. The minimum atomic E-state index is -0.482. The van der Waals surface area contributed by atoms with Crippen molar-refractivity contribution in [2.45, 2.75) is 6.42 Å². The van der Waals surface area contributed by atoms with Crippen LogP contribution in [0.5, 0.6) is 0 Å². The number of para-hydroxylation sites is 2. The van der Waals surface area contributed by atoms with Crippen LogP contribution < -0.4 is 5.43 Å². The molecule has 3 aromatic rings. The summed E-state index contributed by atoms with van der Waals surface area (Å²) < 4.78 is 0. The number of benzene rings is 3. The van der Waals surface area contributed by atoms with Crippen molar-refractivity contribution in [1.82, 2.24) is 0 Å². The number of nitrogens with zero attached hydrogens (tertiary/aromatic N) is 4. The van der Waals surface area contributed by atoms with Gasteiger partial charge in [-0.15, -0.1) is 10.2 Å². The van der Waals surface area contributed by atoms with Gasteiger partial charge in [0.05, 0.1) is 10.6 Å². The van der Waals surface area contributed by atoms with Crippen molar-refractivity contribution in [3.63, 3.8) is 0 Å². The SMILES string of the molecule is O=[N+]([O-])c1ccccc1N=N/C(Cc1ccccc1)=N/Nc1ccccc1. The average Bonchev–Trinajstić information content (AvgIpc) is 2.71. The summed E-state index contributed by atoms with van der Waals surface area (Å²) in [6.45, 7) is 0. The average molecular weight is 359 g/mol. The van der Waals surface area contributed by atoms with Crippen molar-refractivity contribution in [2.24, 2.45) is 15.3 Å². The monoisotopic (exact) mass is 359 g/mol. The van der Waals surface area contributed by atoms with E-state index in [-0.39, 0.29) is 11.4 Å². The van der Waals surface area contributed by atoms with Crippen molar-refractivity contribution in [1.29, 1.82) is 0 Å². The minimum absolute atomic E-state index is 0.101. The Morgan fingerprint density at radius 1 is 0.889 bits per heavy atom. The van der Waals surface area contributed by atoms with E-state index in [0.29, 0.717) is 12.3 Å². The fourth-order valence-electron chi connectivity index (χ4n) is 2.33. The Labute approximate surface area is 156 Å². The molecule has 0 saturated heterocycles. The Kier molecular flexibility index (Phi) is 5.98. The number of hydrogen-bond acceptors (Lipinski definition) is 5. The van der Waals surface area contributed by atoms with Gasteiger partial charge in [0, 0.05) is 12.5 Å². The Balaban J connectivity index is 1.86. The number of hydrogen-bond donors (Lipinski definition) is 1. The molecule has 0 fully saturated rings. The zero-order chi connectivity index (χ0) is 18.9. The van der Waals surface area contributed by atoms with E-state index < -0.39 is 4.92 Å². The Morgan fingerprint density at radius 3 is 2.22 bits per heavy atom. The molecule has 0 amide bonds. The number of anilines is 1. The maximum atomic E-state index is 11.1. The molecule has 3 aromatic carbocycles. The van der Waals surface area contributed by atoms with Crippen LogP contribution in [0.2, 0.25) is 0 Å². The lowest BCUT2D eigenvalue weighted by Crippen LogP contribution is -2.03. The Bertz CT molecular complexity index is 956. The van der Waals surface area contributed by atoms with Crippen LogP contribution in [0.3, 0.4) is 0 Å². The first kappa shape index (κ1) is 17.9. The molecule has 0 radical (unpaired) electrons. The third-order valence-corrected chi connectivity index (χ3v) is 3.64. The predicted octanol–water partition coefficient (Wildman–Crippen LogP) is 5.35. The first-order chi connectivity index (χ1) is 13.2. The molecular formula is C20H17N5O2. The van der Waals surface area contributed by atoms with Gasteiger partial charge < -0.3 is 0 Å². The molecule has 0 bridgehead atoms. The lowest BCUT2D eigenvalue weighted by Gasteiger charge is -2.03. The first-order valence-corrected chi connectivity index (χ1v) is 8.29. The van der Waals surface area contributed by atoms with Gasteiger partial charge >= 0.3 is 0 Å². The predicted molar refractivity (Wildman–Crippen MR) is 105 cm³/mol. The van der Waals surface area contributed by atoms with E-state index in [1.807, 2.05) is 60.7 Å². The normalized spacial score (nSPS) is 11.5. The molecule has 0 heterocycles. The number of azo groups is 1. The molecule has 1 N–H and O–H groups in total. The third-order valence-electron chi connectivity index (χ3n) is 3.64. The van der Waals surface area contributed by atoms with E-state index in [1.165, 1.54) is 6.07 Å². The highest BCUT2D eigenvalue weighted by atomic mass is 16.6. The highest BCUT2D eigenvalue weighted by Crippen LogP contribution is 2.26. The number of nitro benzene ring substituents is 1. The first-order valence-electron chi connectivity index (χ1n) is 8.29. The van der Waals surface area contributed by atoms with Gasteiger partial charge in [0.15, 0.2) is 11.5 Å². The number of rotatable bonds is 6. The van der Waals surface area contributed by atoms with Gasteiger partial charge in [-0.05, 0) is 23.8 Å². The van der Waals surface area contributed by atoms with E-state index in [0.717, 1.165) is 11.3 Å². The van der Waals surface area contributed by atoms with Crippen LogP contribution in [-0.4, -0.2) is 10.8 Å². The lowest BCUT2D eigenvalue weighted by atomic mass is 10.1. The fraction of sp³-hybridized carbons (Fsp3) is 0.0500. The van der Waals surface area contributed by atoms with E-state index in [2.05, 4.69) is 20.8 Å². The van der Waals surface area contributed by atoms with Crippen LogP contribution >= 0.6 is 0 Å². The van der Waals surface area contributed by atoms with Crippen LogP contribution in [0, 0.1) is 10.1 Å². The van der Waals surface area contributed by atoms with Gasteiger partial charge in [-0.1, -0.05) is 60.7 Å². The van der Waals surface area contributed by atoms with Crippen LogP contribution in [0.15, 0.2) is 100 Å². The quantitative estimate of drug-likeness (QED) is 0.211. The molecule has 0 spiro atoms. The molecule has 0 aliphatic heterocycles. The minimum Gasteiger partial charge on any atom is -0.277 e. The third kappa shape index (κ3) is 5.30. The van der Waals surface area contributed by atoms with Crippen LogP contribution in [-0.2, 0) is 6.42 Å². The summed E-state index contributed by atoms with van der Waals surface area (Å²) in [5.74, 6) is 0.406. The summed E-state index contributed by atoms with van der Waals surface area (Å²) in [4.78, 5) is 10.6. The van der Waals surface area contributed by atoms with Gasteiger partial charge in [0.2, 0.25) is 0 Å². The van der Waals surface area contributed by atoms with Gasteiger partial charge in [0.25, 0.3) is 5.69 Å². The zero-order valence-electron chi connectivity index (χ0n) is 14.4. The molecule has 0 aromatic heterocycles. The molecule has 7 heteroatoms. The topological polar surface area (TPSA) is 92.2 Å². The molecule has 0 aliphatic rings. The maximum absolute atomic E-state index is 11.1. The molecule has 0 unspecified atom stereocenters. The van der Waals surface area contributed by atoms with Crippen molar-refractivity contribution in [3.8, 4) is 0 Å². The van der Waals surface area contributed by atoms with Crippen LogP contribution in [0.25, 0.3) is 0 Å². The largest absolute Gasteiger partial charge is 0.296 e. The number of nitro groups is 1. The van der Waals surface area contributed by atoms with E-state index in [9.17, 15) is 10.1 Å². The smallest absolute Gasteiger partial charge is 0.277 e. The van der Waals surface area contributed by atoms with Crippen LogP contribution in [0.4, 0.5) is 17.1 Å². The van der Waals surface area contributed by atoms with Crippen molar-refractivity contribution in [3.05, 3.63) is 101 Å². The zero-order valence-corrected chi connectivity index (χ0v) is 14.4. The summed E-state index contributed by atoms with van der Waals surface area (Å²) in [5, 5.41) is 23.6. The van der Waals surface area contributed by atoms with Crippen molar-refractivity contribution < 1.29 is 4.92 Å². The summed E-state index contributed by atoms with van der Waals surface area (Å²) in [5.41, 5.74) is 4.84.